The molecule has 0 aromatic carbocycles. The summed E-state index contributed by atoms with van der Waals surface area (Å²) in [5, 5.41) is 2.61. The van der Waals surface area contributed by atoms with Gasteiger partial charge in [-0.25, -0.2) is 19.7 Å². The lowest BCUT2D eigenvalue weighted by Gasteiger charge is -2.33. The van der Waals surface area contributed by atoms with E-state index in [9.17, 15) is 22.8 Å². The highest BCUT2D eigenvalue weighted by Crippen LogP contribution is 2.35. The SMILES string of the molecule is NC(=O)OC1CCN(c2cccnc2NC(=O)c2nc(-c3ncccc3C(F)(F)F)cnc2N)CC1. The predicted molar refractivity (Wildman–Crippen MR) is 123 cm³/mol. The Kier molecular flexibility index (Phi) is 6.85. The Balaban J connectivity index is 1.57. The van der Waals surface area contributed by atoms with E-state index in [1.54, 1.807) is 12.1 Å². The summed E-state index contributed by atoms with van der Waals surface area (Å²) in [5.41, 5.74) is 9.35. The molecule has 4 heterocycles. The molecule has 0 aliphatic carbocycles. The van der Waals surface area contributed by atoms with Crippen LogP contribution in [0.5, 0.6) is 0 Å². The van der Waals surface area contributed by atoms with Gasteiger partial charge < -0.3 is 26.4 Å². The first-order valence-electron chi connectivity index (χ1n) is 10.8. The van der Waals surface area contributed by atoms with E-state index in [0.29, 0.717) is 31.6 Å². The molecule has 0 radical (unpaired) electrons. The van der Waals surface area contributed by atoms with Crippen LogP contribution < -0.4 is 21.7 Å². The number of alkyl halides is 3. The molecular weight excluding hydrogens is 481 g/mol. The van der Waals surface area contributed by atoms with Crippen molar-refractivity contribution in [2.75, 3.05) is 29.0 Å². The Bertz CT molecular complexity index is 1280. The Morgan fingerprint density at radius 2 is 1.78 bits per heavy atom. The first kappa shape index (κ1) is 24.6. The van der Waals surface area contributed by atoms with Gasteiger partial charge in [-0.3, -0.25) is 9.78 Å². The standard InChI is InChI=1S/C22H21F3N8O3/c23-22(24,25)13-3-1-7-28-16(13)14-11-30-18(26)17(31-14)20(34)32-19-15(4-2-8-29-19)33-9-5-12(6-10-33)36-21(27)35/h1-4,7-8,11-12H,5-6,9-10H2,(H2,26,30)(H2,27,35)(H,29,32,34). The summed E-state index contributed by atoms with van der Waals surface area (Å²) in [7, 11) is 0. The second-order valence-electron chi connectivity index (χ2n) is 7.83. The number of nitrogens with one attached hydrogen (secondary N) is 1. The highest BCUT2D eigenvalue weighted by molar-refractivity contribution is 6.06. The fourth-order valence-electron chi connectivity index (χ4n) is 3.81. The van der Waals surface area contributed by atoms with Crippen LogP contribution >= 0.6 is 0 Å². The van der Waals surface area contributed by atoms with Crippen LogP contribution in [0.1, 0.15) is 28.9 Å². The first-order valence-corrected chi connectivity index (χ1v) is 10.8. The quantitative estimate of drug-likeness (QED) is 0.476. The van der Waals surface area contributed by atoms with Crippen molar-refractivity contribution in [3.63, 3.8) is 0 Å². The second kappa shape index (κ2) is 10.0. The van der Waals surface area contributed by atoms with Crippen LogP contribution in [-0.4, -0.2) is 51.1 Å². The topological polar surface area (TPSA) is 162 Å². The summed E-state index contributed by atoms with van der Waals surface area (Å²) < 4.78 is 45.3. The summed E-state index contributed by atoms with van der Waals surface area (Å²) in [4.78, 5) is 41.8. The highest BCUT2D eigenvalue weighted by Gasteiger charge is 2.35. The molecule has 0 bridgehead atoms. The number of anilines is 3. The van der Waals surface area contributed by atoms with Gasteiger partial charge in [0.25, 0.3) is 5.91 Å². The normalized spacial score (nSPS) is 14.4. The molecule has 4 rings (SSSR count). The number of halogens is 3. The number of nitrogens with two attached hydrogens (primary N) is 2. The zero-order chi connectivity index (χ0) is 25.9. The molecule has 14 heteroatoms. The molecule has 0 spiro atoms. The Morgan fingerprint density at radius 3 is 2.47 bits per heavy atom. The third-order valence-corrected chi connectivity index (χ3v) is 5.46. The first-order chi connectivity index (χ1) is 17.1. The molecule has 36 heavy (non-hydrogen) atoms. The number of ether oxygens (including phenoxy) is 1. The van der Waals surface area contributed by atoms with E-state index in [0.717, 1.165) is 18.3 Å². The number of carbonyl (C=O) groups excluding carboxylic acids is 2. The molecule has 1 aliphatic rings. The summed E-state index contributed by atoms with van der Waals surface area (Å²) >= 11 is 0. The smallest absolute Gasteiger partial charge is 0.418 e. The van der Waals surface area contributed by atoms with Crippen LogP contribution in [0.4, 0.5) is 35.3 Å². The minimum atomic E-state index is -4.69. The molecule has 2 amide bonds. The zero-order valence-electron chi connectivity index (χ0n) is 18.7. The van der Waals surface area contributed by atoms with Gasteiger partial charge in [0, 0.05) is 38.3 Å². The fraction of sp³-hybridized carbons (Fsp3) is 0.273. The van der Waals surface area contributed by atoms with Gasteiger partial charge in [0.1, 0.15) is 17.5 Å². The molecule has 1 fully saturated rings. The summed E-state index contributed by atoms with van der Waals surface area (Å²) in [6.07, 6.45) is -1.11. The van der Waals surface area contributed by atoms with Crippen molar-refractivity contribution >= 4 is 29.3 Å². The maximum atomic E-state index is 13.4. The van der Waals surface area contributed by atoms with Crippen molar-refractivity contribution < 1.29 is 27.5 Å². The lowest BCUT2D eigenvalue weighted by molar-refractivity contribution is -0.137. The second-order valence-corrected chi connectivity index (χ2v) is 7.83. The maximum absolute atomic E-state index is 13.4. The van der Waals surface area contributed by atoms with E-state index in [-0.39, 0.29) is 29.1 Å². The van der Waals surface area contributed by atoms with Crippen molar-refractivity contribution in [2.24, 2.45) is 5.73 Å². The lowest BCUT2D eigenvalue weighted by Crippen LogP contribution is -2.39. The van der Waals surface area contributed by atoms with Crippen LogP contribution in [-0.2, 0) is 10.9 Å². The van der Waals surface area contributed by atoms with Gasteiger partial charge in [-0.1, -0.05) is 0 Å². The zero-order valence-corrected chi connectivity index (χ0v) is 18.7. The van der Waals surface area contributed by atoms with Crippen molar-refractivity contribution in [3.05, 3.63) is 54.1 Å². The number of amides is 2. The highest BCUT2D eigenvalue weighted by atomic mass is 19.4. The molecule has 11 nitrogen and oxygen atoms in total. The van der Waals surface area contributed by atoms with E-state index in [1.165, 1.54) is 12.4 Å². The number of primary amides is 1. The van der Waals surface area contributed by atoms with Crippen LogP contribution in [0, 0.1) is 0 Å². The third kappa shape index (κ3) is 5.42. The van der Waals surface area contributed by atoms with Gasteiger partial charge in [-0.05, 0) is 24.3 Å². The largest absolute Gasteiger partial charge is 0.446 e. The van der Waals surface area contributed by atoms with Gasteiger partial charge in [-0.2, -0.15) is 13.2 Å². The molecule has 0 unspecified atom stereocenters. The van der Waals surface area contributed by atoms with E-state index in [1.807, 2.05) is 4.90 Å². The summed E-state index contributed by atoms with van der Waals surface area (Å²) in [6.45, 7) is 1.01. The molecule has 188 valence electrons. The third-order valence-electron chi connectivity index (χ3n) is 5.46. The van der Waals surface area contributed by atoms with Gasteiger partial charge in [0.05, 0.1) is 17.4 Å². The van der Waals surface area contributed by atoms with Crippen LogP contribution in [0.2, 0.25) is 0 Å². The average Bonchev–Trinajstić information content (AvgIpc) is 2.84. The lowest BCUT2D eigenvalue weighted by atomic mass is 10.1. The number of pyridine rings is 2. The minimum absolute atomic E-state index is 0.192. The maximum Gasteiger partial charge on any atom is 0.418 e. The molecule has 3 aromatic heterocycles. The molecule has 3 aromatic rings. The minimum Gasteiger partial charge on any atom is -0.446 e. The number of piperidine rings is 1. The average molecular weight is 502 g/mol. The van der Waals surface area contributed by atoms with E-state index in [2.05, 4.69) is 25.3 Å². The molecule has 5 N–H and O–H groups in total. The molecule has 1 aliphatic heterocycles. The molecule has 0 saturated carbocycles. The van der Waals surface area contributed by atoms with Gasteiger partial charge in [-0.15, -0.1) is 0 Å². The number of rotatable bonds is 5. The van der Waals surface area contributed by atoms with Crippen molar-refractivity contribution in [2.45, 2.75) is 25.1 Å². The number of hydrogen-bond acceptors (Lipinski definition) is 9. The van der Waals surface area contributed by atoms with Gasteiger partial charge in [0.2, 0.25) is 0 Å². The van der Waals surface area contributed by atoms with Crippen LogP contribution in [0.3, 0.4) is 0 Å². The van der Waals surface area contributed by atoms with Gasteiger partial charge in [0.15, 0.2) is 17.3 Å². The number of carbonyl (C=O) groups is 2. The van der Waals surface area contributed by atoms with E-state index >= 15 is 0 Å². The van der Waals surface area contributed by atoms with E-state index in [4.69, 9.17) is 16.2 Å². The Morgan fingerprint density at radius 1 is 1.08 bits per heavy atom. The van der Waals surface area contributed by atoms with Crippen molar-refractivity contribution in [3.8, 4) is 11.4 Å². The number of nitrogen functional groups attached to an aromatic ring is 1. The number of nitrogens with zero attached hydrogens (tertiary/aromatic N) is 5. The monoisotopic (exact) mass is 502 g/mol. The Hall–Kier alpha value is -4.49. The summed E-state index contributed by atoms with van der Waals surface area (Å²) in [6, 6.07) is 5.44. The number of hydrogen-bond donors (Lipinski definition) is 3. The van der Waals surface area contributed by atoms with Crippen LogP contribution in [0.15, 0.2) is 42.9 Å². The van der Waals surface area contributed by atoms with Gasteiger partial charge >= 0.3 is 12.3 Å². The summed E-state index contributed by atoms with van der Waals surface area (Å²) in [5.74, 6) is -0.891. The molecular formula is C22H21F3N8O3. The molecule has 1 saturated heterocycles. The predicted octanol–water partition coefficient (Wildman–Crippen LogP) is 2.85. The Labute approximate surface area is 202 Å². The van der Waals surface area contributed by atoms with Crippen molar-refractivity contribution in [1.29, 1.82) is 0 Å². The van der Waals surface area contributed by atoms with E-state index < -0.39 is 29.4 Å². The fourth-order valence-corrected chi connectivity index (χ4v) is 3.81. The van der Waals surface area contributed by atoms with Crippen molar-refractivity contribution in [1.82, 2.24) is 19.9 Å². The number of aromatic nitrogens is 4. The van der Waals surface area contributed by atoms with Crippen LogP contribution in [0.25, 0.3) is 11.4 Å². The molecule has 0 atom stereocenters.